The van der Waals surface area contributed by atoms with Crippen LogP contribution in [0.25, 0.3) is 0 Å². The number of carbonyl (C=O) groups is 1. The molecule has 0 bridgehead atoms. The van der Waals surface area contributed by atoms with Crippen molar-refractivity contribution < 1.29 is 9.53 Å². The van der Waals surface area contributed by atoms with Crippen molar-refractivity contribution in [1.29, 1.82) is 0 Å². The molecule has 1 fully saturated rings. The number of anilines is 1. The van der Waals surface area contributed by atoms with E-state index in [4.69, 9.17) is 16.3 Å². The van der Waals surface area contributed by atoms with Crippen LogP contribution in [0.1, 0.15) is 25.7 Å². The molecule has 98 valence electrons. The van der Waals surface area contributed by atoms with E-state index in [1.807, 2.05) is 6.07 Å². The summed E-state index contributed by atoms with van der Waals surface area (Å²) in [6.07, 6.45) is 3.65. The summed E-state index contributed by atoms with van der Waals surface area (Å²) < 4.78 is 6.37. The minimum absolute atomic E-state index is 0.0227. The van der Waals surface area contributed by atoms with Crippen LogP contribution < -0.4 is 5.32 Å². The normalized spacial score (nSPS) is 18.9. The van der Waals surface area contributed by atoms with Gasteiger partial charge in [0.25, 0.3) is 0 Å². The molecule has 0 radical (unpaired) electrons. The Kier molecular flexibility index (Phi) is 5.03. The number of hydrogen-bond donors (Lipinski definition) is 1. The molecule has 1 atom stereocenters. The molecule has 18 heavy (non-hydrogen) atoms. The number of rotatable bonds is 4. The number of halogens is 2. The van der Waals surface area contributed by atoms with Crippen LogP contribution in [0.15, 0.2) is 22.7 Å². The van der Waals surface area contributed by atoms with Crippen LogP contribution in [0.3, 0.4) is 0 Å². The average Bonchev–Trinajstić information content (AvgIpc) is 2.84. The Labute approximate surface area is 120 Å². The first-order valence-corrected chi connectivity index (χ1v) is 7.19. The van der Waals surface area contributed by atoms with E-state index in [2.05, 4.69) is 21.2 Å². The maximum Gasteiger partial charge on any atom is 0.224 e. The molecule has 1 unspecified atom stereocenters. The second-order valence-electron chi connectivity index (χ2n) is 4.35. The van der Waals surface area contributed by atoms with Gasteiger partial charge >= 0.3 is 0 Å². The predicted octanol–water partition coefficient (Wildman–Crippen LogP) is 4.00. The quantitative estimate of drug-likeness (QED) is 0.905. The number of benzene rings is 1. The standard InChI is InChI=1S/C13H15BrClNO2/c14-9-3-5-11(15)12(8-9)16-13(17)6-4-10-2-1-7-18-10/h3,5,8,10H,1-2,4,6-7H2,(H,16,17). The Balaban J connectivity index is 1.84. The van der Waals surface area contributed by atoms with E-state index >= 15 is 0 Å². The van der Waals surface area contributed by atoms with Gasteiger partial charge in [-0.1, -0.05) is 27.5 Å². The van der Waals surface area contributed by atoms with Gasteiger partial charge < -0.3 is 10.1 Å². The highest BCUT2D eigenvalue weighted by Gasteiger charge is 2.17. The maximum absolute atomic E-state index is 11.8. The van der Waals surface area contributed by atoms with Crippen molar-refractivity contribution in [1.82, 2.24) is 0 Å². The predicted molar refractivity (Wildman–Crippen MR) is 76.0 cm³/mol. The molecule has 0 aliphatic carbocycles. The maximum atomic E-state index is 11.8. The molecule has 3 nitrogen and oxygen atoms in total. The minimum atomic E-state index is -0.0227. The van der Waals surface area contributed by atoms with Crippen LogP contribution in [0.4, 0.5) is 5.69 Å². The van der Waals surface area contributed by atoms with Crippen LogP contribution in [0.2, 0.25) is 5.02 Å². The van der Waals surface area contributed by atoms with Crippen molar-refractivity contribution >= 4 is 39.1 Å². The number of amides is 1. The largest absolute Gasteiger partial charge is 0.378 e. The molecular weight excluding hydrogens is 318 g/mol. The van der Waals surface area contributed by atoms with E-state index in [9.17, 15) is 4.79 Å². The molecule has 2 rings (SSSR count). The van der Waals surface area contributed by atoms with Crippen LogP contribution in [-0.4, -0.2) is 18.6 Å². The molecule has 0 aromatic heterocycles. The number of nitrogens with one attached hydrogen (secondary N) is 1. The topological polar surface area (TPSA) is 38.3 Å². The molecule has 1 aliphatic heterocycles. The van der Waals surface area contributed by atoms with E-state index in [1.54, 1.807) is 12.1 Å². The van der Waals surface area contributed by atoms with Gasteiger partial charge in [-0.2, -0.15) is 0 Å². The number of hydrogen-bond acceptors (Lipinski definition) is 2. The molecule has 5 heteroatoms. The zero-order valence-corrected chi connectivity index (χ0v) is 12.3. The summed E-state index contributed by atoms with van der Waals surface area (Å²) in [7, 11) is 0. The number of ether oxygens (including phenoxy) is 1. The Hall–Kier alpha value is -0.580. The number of carbonyl (C=O) groups excluding carboxylic acids is 1. The summed E-state index contributed by atoms with van der Waals surface area (Å²) in [5, 5.41) is 3.36. The second kappa shape index (κ2) is 6.55. The third-order valence-electron chi connectivity index (χ3n) is 2.92. The van der Waals surface area contributed by atoms with Gasteiger partial charge in [-0.3, -0.25) is 4.79 Å². The molecule has 1 amide bonds. The first-order chi connectivity index (χ1) is 8.65. The minimum Gasteiger partial charge on any atom is -0.378 e. The van der Waals surface area contributed by atoms with E-state index in [0.29, 0.717) is 17.1 Å². The molecule has 1 heterocycles. The Morgan fingerprint density at radius 2 is 2.39 bits per heavy atom. The fraction of sp³-hybridized carbons (Fsp3) is 0.462. The summed E-state index contributed by atoms with van der Waals surface area (Å²) in [6, 6.07) is 5.39. The Bertz CT molecular complexity index is 433. The Morgan fingerprint density at radius 1 is 1.56 bits per heavy atom. The van der Waals surface area contributed by atoms with Gasteiger partial charge in [-0.15, -0.1) is 0 Å². The van der Waals surface area contributed by atoms with Gasteiger partial charge in [0.05, 0.1) is 16.8 Å². The highest BCUT2D eigenvalue weighted by atomic mass is 79.9. The molecule has 1 saturated heterocycles. The molecular formula is C13H15BrClNO2. The van der Waals surface area contributed by atoms with Crippen LogP contribution in [-0.2, 0) is 9.53 Å². The summed E-state index contributed by atoms with van der Waals surface area (Å²) in [6.45, 7) is 0.823. The summed E-state index contributed by atoms with van der Waals surface area (Å²) in [5.41, 5.74) is 0.642. The zero-order valence-electron chi connectivity index (χ0n) is 9.92. The monoisotopic (exact) mass is 331 g/mol. The second-order valence-corrected chi connectivity index (χ2v) is 5.67. The fourth-order valence-corrected chi connectivity index (χ4v) is 2.50. The smallest absolute Gasteiger partial charge is 0.224 e. The summed E-state index contributed by atoms with van der Waals surface area (Å²) in [5.74, 6) is -0.0227. The molecule has 1 aromatic rings. The molecule has 0 saturated carbocycles. The highest BCUT2D eigenvalue weighted by molar-refractivity contribution is 9.10. The average molecular weight is 333 g/mol. The SMILES string of the molecule is O=C(CCC1CCCO1)Nc1cc(Br)ccc1Cl. The fourth-order valence-electron chi connectivity index (χ4n) is 1.97. The molecule has 0 spiro atoms. The first kappa shape index (κ1) is 13.8. The van der Waals surface area contributed by atoms with Crippen molar-refractivity contribution in [3.05, 3.63) is 27.7 Å². The van der Waals surface area contributed by atoms with Crippen molar-refractivity contribution in [2.45, 2.75) is 31.8 Å². The third-order valence-corrected chi connectivity index (χ3v) is 3.74. The highest BCUT2D eigenvalue weighted by Crippen LogP contribution is 2.26. The van der Waals surface area contributed by atoms with Crippen molar-refractivity contribution in [3.63, 3.8) is 0 Å². The lowest BCUT2D eigenvalue weighted by Gasteiger charge is -2.10. The molecule has 1 N–H and O–H groups in total. The molecule has 1 aliphatic rings. The van der Waals surface area contributed by atoms with Crippen molar-refractivity contribution in [2.24, 2.45) is 0 Å². The van der Waals surface area contributed by atoms with E-state index in [0.717, 1.165) is 30.3 Å². The van der Waals surface area contributed by atoms with Crippen LogP contribution in [0, 0.1) is 0 Å². The Morgan fingerprint density at radius 3 is 3.11 bits per heavy atom. The van der Waals surface area contributed by atoms with Gasteiger partial charge in [0, 0.05) is 17.5 Å². The van der Waals surface area contributed by atoms with Gasteiger partial charge in [0.15, 0.2) is 0 Å². The van der Waals surface area contributed by atoms with Gasteiger partial charge in [0.1, 0.15) is 0 Å². The zero-order chi connectivity index (χ0) is 13.0. The van der Waals surface area contributed by atoms with Gasteiger partial charge in [-0.25, -0.2) is 0 Å². The third kappa shape index (κ3) is 3.97. The lowest BCUT2D eigenvalue weighted by Crippen LogP contribution is -2.15. The molecule has 1 aromatic carbocycles. The first-order valence-electron chi connectivity index (χ1n) is 6.01. The van der Waals surface area contributed by atoms with E-state index < -0.39 is 0 Å². The lowest BCUT2D eigenvalue weighted by atomic mass is 10.1. The van der Waals surface area contributed by atoms with Gasteiger partial charge in [-0.05, 0) is 37.5 Å². The van der Waals surface area contributed by atoms with Gasteiger partial charge in [0.2, 0.25) is 5.91 Å². The van der Waals surface area contributed by atoms with Crippen LogP contribution >= 0.6 is 27.5 Å². The summed E-state index contributed by atoms with van der Waals surface area (Å²) in [4.78, 5) is 11.8. The summed E-state index contributed by atoms with van der Waals surface area (Å²) >= 11 is 9.36. The van der Waals surface area contributed by atoms with Crippen molar-refractivity contribution in [2.75, 3.05) is 11.9 Å². The van der Waals surface area contributed by atoms with Crippen LogP contribution in [0.5, 0.6) is 0 Å². The lowest BCUT2D eigenvalue weighted by molar-refractivity contribution is -0.116. The van der Waals surface area contributed by atoms with E-state index in [-0.39, 0.29) is 12.0 Å². The van der Waals surface area contributed by atoms with E-state index in [1.165, 1.54) is 0 Å². The van der Waals surface area contributed by atoms with Crippen molar-refractivity contribution in [3.8, 4) is 0 Å².